The van der Waals surface area contributed by atoms with E-state index in [0.29, 0.717) is 6.54 Å². The summed E-state index contributed by atoms with van der Waals surface area (Å²) in [6, 6.07) is 19.4. The molecule has 114 valence electrons. The Morgan fingerprint density at radius 2 is 1.48 bits per heavy atom. The summed E-state index contributed by atoms with van der Waals surface area (Å²) in [4.78, 5) is 11.9. The van der Waals surface area contributed by atoms with Crippen molar-refractivity contribution in [3.05, 3.63) is 60.2 Å². The molecule has 4 aromatic carbocycles. The molecule has 0 aromatic heterocycles. The van der Waals surface area contributed by atoms with Crippen LogP contribution in [0.1, 0.15) is 19.4 Å². The van der Waals surface area contributed by atoms with Crippen molar-refractivity contribution in [1.29, 1.82) is 0 Å². The van der Waals surface area contributed by atoms with Gasteiger partial charge in [-0.15, -0.1) is 0 Å². The van der Waals surface area contributed by atoms with Crippen LogP contribution >= 0.6 is 0 Å². The molecule has 0 saturated heterocycles. The van der Waals surface area contributed by atoms with E-state index in [9.17, 15) is 4.79 Å². The van der Waals surface area contributed by atoms with E-state index in [0.717, 1.165) is 0 Å². The van der Waals surface area contributed by atoms with E-state index >= 15 is 0 Å². The molecule has 2 heteroatoms. The number of carbonyl (C=O) groups is 1. The highest BCUT2D eigenvalue weighted by atomic mass is 16.1. The van der Waals surface area contributed by atoms with Crippen LogP contribution in [0.15, 0.2) is 54.6 Å². The summed E-state index contributed by atoms with van der Waals surface area (Å²) >= 11 is 0. The molecule has 23 heavy (non-hydrogen) atoms. The third-order valence-corrected chi connectivity index (χ3v) is 4.60. The van der Waals surface area contributed by atoms with Crippen molar-refractivity contribution in [3.63, 3.8) is 0 Å². The van der Waals surface area contributed by atoms with Crippen molar-refractivity contribution in [2.45, 2.75) is 20.4 Å². The molecule has 1 amide bonds. The van der Waals surface area contributed by atoms with Crippen molar-refractivity contribution < 1.29 is 4.79 Å². The molecule has 0 aliphatic rings. The highest BCUT2D eigenvalue weighted by Gasteiger charge is 2.12. The standard InChI is InChI=1S/C21H19NO/c1-13(2)21(23)22-12-17-9-8-16-7-6-14-4-3-5-15-10-11-18(17)20(16)19(14)15/h3-11,13H,12H2,1-2H3,(H,22,23). The summed E-state index contributed by atoms with van der Waals surface area (Å²) in [7, 11) is 0. The van der Waals surface area contributed by atoms with E-state index in [4.69, 9.17) is 0 Å². The van der Waals surface area contributed by atoms with Gasteiger partial charge >= 0.3 is 0 Å². The molecule has 0 atom stereocenters. The highest BCUT2D eigenvalue weighted by Crippen LogP contribution is 2.35. The number of benzene rings is 4. The van der Waals surface area contributed by atoms with Crippen LogP contribution in [0.5, 0.6) is 0 Å². The summed E-state index contributed by atoms with van der Waals surface area (Å²) in [5, 5.41) is 10.7. The molecule has 0 radical (unpaired) electrons. The molecule has 0 aliphatic carbocycles. The highest BCUT2D eigenvalue weighted by molar-refractivity contribution is 6.23. The smallest absolute Gasteiger partial charge is 0.222 e. The molecular formula is C21H19NO. The number of nitrogens with one attached hydrogen (secondary N) is 1. The van der Waals surface area contributed by atoms with Crippen molar-refractivity contribution in [2.75, 3.05) is 0 Å². The lowest BCUT2D eigenvalue weighted by atomic mass is 9.92. The third kappa shape index (κ3) is 2.22. The first-order valence-electron chi connectivity index (χ1n) is 8.08. The van der Waals surface area contributed by atoms with Gasteiger partial charge in [0, 0.05) is 12.5 Å². The van der Waals surface area contributed by atoms with Crippen molar-refractivity contribution >= 4 is 38.2 Å². The van der Waals surface area contributed by atoms with Gasteiger partial charge in [-0.2, -0.15) is 0 Å². The van der Waals surface area contributed by atoms with Gasteiger partial charge in [0.25, 0.3) is 0 Å². The largest absolute Gasteiger partial charge is 0.352 e. The zero-order valence-corrected chi connectivity index (χ0v) is 13.4. The predicted molar refractivity (Wildman–Crippen MR) is 96.8 cm³/mol. The quantitative estimate of drug-likeness (QED) is 0.538. The Bertz CT molecular complexity index is 1000. The summed E-state index contributed by atoms with van der Waals surface area (Å²) < 4.78 is 0. The SMILES string of the molecule is CC(C)C(=O)NCc1ccc2ccc3cccc4ccc1c2c34. The fraction of sp³-hybridized carbons (Fsp3) is 0.190. The lowest BCUT2D eigenvalue weighted by Crippen LogP contribution is -2.27. The fourth-order valence-electron chi connectivity index (χ4n) is 3.34. The van der Waals surface area contributed by atoms with Gasteiger partial charge in [-0.1, -0.05) is 68.4 Å². The molecule has 0 bridgehead atoms. The Kier molecular flexibility index (Phi) is 3.19. The van der Waals surface area contributed by atoms with E-state index in [1.165, 1.54) is 37.9 Å². The van der Waals surface area contributed by atoms with Gasteiger partial charge in [-0.05, 0) is 37.9 Å². The Labute approximate surface area is 135 Å². The Balaban J connectivity index is 1.91. The monoisotopic (exact) mass is 301 g/mol. The summed E-state index contributed by atoms with van der Waals surface area (Å²) in [5.74, 6) is 0.102. The number of amides is 1. The molecule has 2 nitrogen and oxygen atoms in total. The van der Waals surface area contributed by atoms with Gasteiger partial charge in [0.15, 0.2) is 0 Å². The van der Waals surface area contributed by atoms with E-state index in [1.807, 2.05) is 13.8 Å². The van der Waals surface area contributed by atoms with Crippen LogP contribution in [-0.4, -0.2) is 5.91 Å². The first-order valence-corrected chi connectivity index (χ1v) is 8.08. The van der Waals surface area contributed by atoms with Gasteiger partial charge in [0.05, 0.1) is 0 Å². The van der Waals surface area contributed by atoms with Crippen LogP contribution in [0.4, 0.5) is 0 Å². The Morgan fingerprint density at radius 1 is 0.870 bits per heavy atom. The molecule has 0 aliphatic heterocycles. The third-order valence-electron chi connectivity index (χ3n) is 4.60. The first kappa shape index (κ1) is 14.0. The maximum Gasteiger partial charge on any atom is 0.222 e. The van der Waals surface area contributed by atoms with Crippen LogP contribution in [0.2, 0.25) is 0 Å². The average molecular weight is 301 g/mol. The minimum atomic E-state index is 0.00906. The molecule has 0 heterocycles. The predicted octanol–water partition coefficient (Wildman–Crippen LogP) is 4.86. The van der Waals surface area contributed by atoms with Gasteiger partial charge in [0.1, 0.15) is 0 Å². The normalized spacial score (nSPS) is 11.8. The van der Waals surface area contributed by atoms with Gasteiger partial charge < -0.3 is 5.32 Å². The summed E-state index contributed by atoms with van der Waals surface area (Å²) in [5.41, 5.74) is 1.17. The van der Waals surface area contributed by atoms with E-state index in [2.05, 4.69) is 59.9 Å². The molecule has 1 N–H and O–H groups in total. The molecule has 0 spiro atoms. The minimum Gasteiger partial charge on any atom is -0.352 e. The van der Waals surface area contributed by atoms with E-state index in [1.54, 1.807) is 0 Å². The number of hydrogen-bond donors (Lipinski definition) is 1. The summed E-state index contributed by atoms with van der Waals surface area (Å²) in [6.45, 7) is 4.41. The maximum atomic E-state index is 11.9. The maximum absolute atomic E-state index is 11.9. The van der Waals surface area contributed by atoms with Crippen LogP contribution < -0.4 is 5.32 Å². The Hall–Kier alpha value is -2.61. The second-order valence-electron chi connectivity index (χ2n) is 6.45. The van der Waals surface area contributed by atoms with Crippen LogP contribution in [-0.2, 0) is 11.3 Å². The zero-order chi connectivity index (χ0) is 16.0. The lowest BCUT2D eigenvalue weighted by molar-refractivity contribution is -0.124. The van der Waals surface area contributed by atoms with Gasteiger partial charge in [-0.25, -0.2) is 0 Å². The van der Waals surface area contributed by atoms with E-state index < -0.39 is 0 Å². The van der Waals surface area contributed by atoms with Crippen LogP contribution in [0.25, 0.3) is 32.3 Å². The topological polar surface area (TPSA) is 29.1 Å². The number of rotatable bonds is 3. The number of carbonyl (C=O) groups excluding carboxylic acids is 1. The second-order valence-corrected chi connectivity index (χ2v) is 6.45. The molecule has 0 saturated carbocycles. The fourth-order valence-corrected chi connectivity index (χ4v) is 3.34. The minimum absolute atomic E-state index is 0.00906. The average Bonchev–Trinajstić information content (AvgIpc) is 2.58. The van der Waals surface area contributed by atoms with Gasteiger partial charge in [0.2, 0.25) is 5.91 Å². The van der Waals surface area contributed by atoms with Crippen molar-refractivity contribution in [1.82, 2.24) is 5.32 Å². The summed E-state index contributed by atoms with van der Waals surface area (Å²) in [6.07, 6.45) is 0. The molecule has 0 fully saturated rings. The van der Waals surface area contributed by atoms with Gasteiger partial charge in [-0.3, -0.25) is 4.79 Å². The van der Waals surface area contributed by atoms with Crippen LogP contribution in [0.3, 0.4) is 0 Å². The molecule has 0 unspecified atom stereocenters. The molecular weight excluding hydrogens is 282 g/mol. The zero-order valence-electron chi connectivity index (χ0n) is 13.4. The molecule has 4 aromatic rings. The van der Waals surface area contributed by atoms with Crippen molar-refractivity contribution in [3.8, 4) is 0 Å². The second kappa shape index (κ2) is 5.24. The first-order chi connectivity index (χ1) is 11.1. The molecule has 4 rings (SSSR count). The lowest BCUT2D eigenvalue weighted by Gasteiger charge is -2.14. The van der Waals surface area contributed by atoms with Crippen LogP contribution in [0, 0.1) is 5.92 Å². The van der Waals surface area contributed by atoms with Crippen molar-refractivity contribution in [2.24, 2.45) is 5.92 Å². The Morgan fingerprint density at radius 3 is 2.17 bits per heavy atom. The van der Waals surface area contributed by atoms with E-state index in [-0.39, 0.29) is 11.8 Å². The number of hydrogen-bond acceptors (Lipinski definition) is 1.